The van der Waals surface area contributed by atoms with Crippen molar-refractivity contribution >= 4 is 16.9 Å². The summed E-state index contributed by atoms with van der Waals surface area (Å²) in [6, 6.07) is 4.72. The van der Waals surface area contributed by atoms with E-state index in [1.807, 2.05) is 0 Å². The summed E-state index contributed by atoms with van der Waals surface area (Å²) >= 11 is 0. The van der Waals surface area contributed by atoms with Gasteiger partial charge in [0, 0.05) is 12.1 Å². The van der Waals surface area contributed by atoms with Crippen LogP contribution in [0.5, 0.6) is 0 Å². The highest BCUT2D eigenvalue weighted by Gasteiger charge is 2.06. The molecule has 1 aromatic carbocycles. The zero-order valence-corrected chi connectivity index (χ0v) is 10.5. The van der Waals surface area contributed by atoms with Crippen LogP contribution >= 0.6 is 0 Å². The van der Waals surface area contributed by atoms with E-state index in [0.29, 0.717) is 18.0 Å². The van der Waals surface area contributed by atoms with Gasteiger partial charge in [0.25, 0.3) is 0 Å². The maximum Gasteiger partial charge on any atom is 0.160 e. The van der Waals surface area contributed by atoms with Crippen molar-refractivity contribution in [2.45, 2.75) is 13.2 Å². The molecule has 0 aliphatic carbocycles. The Bertz CT molecular complexity index is 742. The number of nitrogens with zero attached hydrogens (tertiary/aromatic N) is 3. The molecular formula is C13H12FN5O. The lowest BCUT2D eigenvalue weighted by Gasteiger charge is -2.07. The van der Waals surface area contributed by atoms with E-state index in [1.54, 1.807) is 18.3 Å². The molecule has 3 aromatic rings. The maximum absolute atomic E-state index is 13.6. The molecule has 3 rings (SSSR count). The van der Waals surface area contributed by atoms with Gasteiger partial charge in [0.1, 0.15) is 18.0 Å². The van der Waals surface area contributed by atoms with Crippen LogP contribution in [-0.2, 0) is 13.2 Å². The molecule has 0 amide bonds. The number of fused-ring (bicyclic) bond motifs is 1. The van der Waals surface area contributed by atoms with Crippen molar-refractivity contribution < 1.29 is 9.50 Å². The van der Waals surface area contributed by atoms with Gasteiger partial charge in [-0.3, -0.25) is 5.10 Å². The Balaban J connectivity index is 1.79. The highest BCUT2D eigenvalue weighted by atomic mass is 19.1. The van der Waals surface area contributed by atoms with Crippen molar-refractivity contribution in [1.29, 1.82) is 0 Å². The Morgan fingerprint density at radius 1 is 1.30 bits per heavy atom. The van der Waals surface area contributed by atoms with Crippen molar-refractivity contribution in [3.63, 3.8) is 0 Å². The average molecular weight is 273 g/mol. The normalized spacial score (nSPS) is 10.9. The number of aromatic nitrogens is 4. The summed E-state index contributed by atoms with van der Waals surface area (Å²) in [5.41, 5.74) is 1.69. The van der Waals surface area contributed by atoms with Gasteiger partial charge in [-0.05, 0) is 11.6 Å². The lowest BCUT2D eigenvalue weighted by Crippen LogP contribution is -2.03. The standard InChI is InChI=1S/C13H12FN5O/c14-11-3-8(1-2-9(11)6-20)4-15-12-10-5-18-19-13(10)17-7-16-12/h1-3,5,7,20H,4,6H2,(H2,15,16,17,18,19). The number of rotatable bonds is 4. The van der Waals surface area contributed by atoms with Crippen molar-refractivity contribution in [2.75, 3.05) is 5.32 Å². The number of halogens is 1. The fourth-order valence-electron chi connectivity index (χ4n) is 1.92. The molecule has 0 saturated carbocycles. The lowest BCUT2D eigenvalue weighted by atomic mass is 10.1. The van der Waals surface area contributed by atoms with Crippen LogP contribution < -0.4 is 5.32 Å². The van der Waals surface area contributed by atoms with E-state index in [9.17, 15) is 4.39 Å². The zero-order valence-electron chi connectivity index (χ0n) is 10.5. The summed E-state index contributed by atoms with van der Waals surface area (Å²) in [6.07, 6.45) is 3.06. The van der Waals surface area contributed by atoms with Crippen LogP contribution in [0.15, 0.2) is 30.7 Å². The molecule has 2 aromatic heterocycles. The summed E-state index contributed by atoms with van der Waals surface area (Å²) in [4.78, 5) is 8.17. The second-order valence-electron chi connectivity index (χ2n) is 4.29. The lowest BCUT2D eigenvalue weighted by molar-refractivity contribution is 0.275. The van der Waals surface area contributed by atoms with Gasteiger partial charge in [-0.25, -0.2) is 14.4 Å². The highest BCUT2D eigenvalue weighted by molar-refractivity contribution is 5.85. The van der Waals surface area contributed by atoms with E-state index in [1.165, 1.54) is 12.4 Å². The fourth-order valence-corrected chi connectivity index (χ4v) is 1.92. The van der Waals surface area contributed by atoms with Crippen LogP contribution in [0.2, 0.25) is 0 Å². The summed E-state index contributed by atoms with van der Waals surface area (Å²) < 4.78 is 13.6. The molecule has 0 aliphatic rings. The number of anilines is 1. The molecule has 20 heavy (non-hydrogen) atoms. The molecule has 0 saturated heterocycles. The Kier molecular flexibility index (Phi) is 3.26. The third-order valence-corrected chi connectivity index (χ3v) is 3.00. The molecular weight excluding hydrogens is 261 g/mol. The second-order valence-corrected chi connectivity index (χ2v) is 4.29. The monoisotopic (exact) mass is 273 g/mol. The topological polar surface area (TPSA) is 86.7 Å². The van der Waals surface area contributed by atoms with Crippen LogP contribution in [0.25, 0.3) is 11.0 Å². The third-order valence-electron chi connectivity index (χ3n) is 3.00. The first-order valence-electron chi connectivity index (χ1n) is 6.04. The van der Waals surface area contributed by atoms with Gasteiger partial charge in [0.2, 0.25) is 0 Å². The van der Waals surface area contributed by atoms with Crippen molar-refractivity contribution in [1.82, 2.24) is 20.2 Å². The van der Waals surface area contributed by atoms with Crippen LogP contribution in [0.3, 0.4) is 0 Å². The molecule has 0 bridgehead atoms. The summed E-state index contributed by atoms with van der Waals surface area (Å²) in [5.74, 6) is 0.221. The van der Waals surface area contributed by atoms with E-state index in [2.05, 4.69) is 25.5 Å². The maximum atomic E-state index is 13.6. The molecule has 0 aliphatic heterocycles. The van der Waals surface area contributed by atoms with E-state index in [4.69, 9.17) is 5.11 Å². The van der Waals surface area contributed by atoms with Crippen LogP contribution in [0.1, 0.15) is 11.1 Å². The summed E-state index contributed by atoms with van der Waals surface area (Å²) in [7, 11) is 0. The quantitative estimate of drug-likeness (QED) is 0.672. The van der Waals surface area contributed by atoms with Gasteiger partial charge in [0.15, 0.2) is 5.65 Å². The number of hydrogen-bond acceptors (Lipinski definition) is 5. The number of aliphatic hydroxyl groups is 1. The predicted molar refractivity (Wildman–Crippen MR) is 71.3 cm³/mol. The van der Waals surface area contributed by atoms with E-state index >= 15 is 0 Å². The minimum Gasteiger partial charge on any atom is -0.392 e. The number of H-pyrrole nitrogens is 1. The molecule has 2 heterocycles. The van der Waals surface area contributed by atoms with E-state index in [-0.39, 0.29) is 12.2 Å². The molecule has 0 atom stereocenters. The molecule has 0 unspecified atom stereocenters. The first-order valence-corrected chi connectivity index (χ1v) is 6.04. The molecule has 3 N–H and O–H groups in total. The van der Waals surface area contributed by atoms with Crippen molar-refractivity contribution in [3.8, 4) is 0 Å². The van der Waals surface area contributed by atoms with Crippen LogP contribution in [0, 0.1) is 5.82 Å². The fraction of sp³-hybridized carbons (Fsp3) is 0.154. The van der Waals surface area contributed by atoms with E-state index < -0.39 is 5.82 Å². The zero-order chi connectivity index (χ0) is 13.9. The SMILES string of the molecule is OCc1ccc(CNc2ncnc3[nH]ncc23)cc1F. The number of aliphatic hydroxyl groups excluding tert-OH is 1. The molecule has 0 fully saturated rings. The van der Waals surface area contributed by atoms with Crippen molar-refractivity contribution in [2.24, 2.45) is 0 Å². The molecule has 6 nitrogen and oxygen atoms in total. The van der Waals surface area contributed by atoms with Crippen LogP contribution in [-0.4, -0.2) is 25.3 Å². The predicted octanol–water partition coefficient (Wildman–Crippen LogP) is 1.60. The number of benzene rings is 1. The highest BCUT2D eigenvalue weighted by Crippen LogP contribution is 2.17. The minimum absolute atomic E-state index is 0.285. The van der Waals surface area contributed by atoms with Gasteiger partial charge in [-0.1, -0.05) is 12.1 Å². The largest absolute Gasteiger partial charge is 0.392 e. The molecule has 102 valence electrons. The first kappa shape index (κ1) is 12.5. The second kappa shape index (κ2) is 5.22. The molecule has 0 spiro atoms. The first-order chi connectivity index (χ1) is 9.78. The van der Waals surface area contributed by atoms with Crippen molar-refractivity contribution in [3.05, 3.63) is 47.7 Å². The van der Waals surface area contributed by atoms with Gasteiger partial charge in [0.05, 0.1) is 18.2 Å². The molecule has 7 heteroatoms. The van der Waals surface area contributed by atoms with Gasteiger partial charge < -0.3 is 10.4 Å². The number of hydrogen-bond donors (Lipinski definition) is 3. The number of nitrogens with one attached hydrogen (secondary N) is 2. The Labute approximate surface area is 113 Å². The Morgan fingerprint density at radius 2 is 2.20 bits per heavy atom. The van der Waals surface area contributed by atoms with Crippen LogP contribution in [0.4, 0.5) is 10.2 Å². The Hall–Kier alpha value is -2.54. The summed E-state index contributed by atoms with van der Waals surface area (Å²) in [5, 5.41) is 19.5. The minimum atomic E-state index is -0.414. The van der Waals surface area contributed by atoms with Gasteiger partial charge in [-0.2, -0.15) is 5.10 Å². The average Bonchev–Trinajstić information content (AvgIpc) is 2.94. The molecule has 0 radical (unpaired) electrons. The third kappa shape index (κ3) is 2.30. The Morgan fingerprint density at radius 3 is 3.00 bits per heavy atom. The van der Waals surface area contributed by atoms with E-state index in [0.717, 1.165) is 10.9 Å². The number of aromatic amines is 1. The smallest absolute Gasteiger partial charge is 0.160 e. The van der Waals surface area contributed by atoms with Gasteiger partial charge in [-0.15, -0.1) is 0 Å². The summed E-state index contributed by atoms with van der Waals surface area (Å²) in [6.45, 7) is 0.112. The van der Waals surface area contributed by atoms with Gasteiger partial charge >= 0.3 is 0 Å².